The zero-order valence-electron chi connectivity index (χ0n) is 15.3. The van der Waals surface area contributed by atoms with Gasteiger partial charge in [0.05, 0.1) is 0 Å². The van der Waals surface area contributed by atoms with Crippen LogP contribution >= 0.6 is 24.0 Å². The number of nitrogens with zero attached hydrogens (tertiary/aromatic N) is 3. The number of benzene rings is 1. The summed E-state index contributed by atoms with van der Waals surface area (Å²) in [4.78, 5) is 16.4. The summed E-state index contributed by atoms with van der Waals surface area (Å²) in [5.74, 6) is 0.163. The van der Waals surface area contributed by atoms with Crippen LogP contribution in [-0.4, -0.2) is 49.4 Å². The van der Waals surface area contributed by atoms with Gasteiger partial charge in [-0.3, -0.25) is 4.79 Å². The smallest absolute Gasteiger partial charge is 0.263 e. The monoisotopic (exact) mass is 396 g/mol. The van der Waals surface area contributed by atoms with Crippen LogP contribution in [0.25, 0.3) is 0 Å². The predicted molar refractivity (Wildman–Crippen MR) is 109 cm³/mol. The summed E-state index contributed by atoms with van der Waals surface area (Å²) in [6.45, 7) is 8.07. The van der Waals surface area contributed by atoms with Crippen LogP contribution < -0.4 is 10.2 Å². The minimum absolute atomic E-state index is 0. The lowest BCUT2D eigenvalue weighted by Crippen LogP contribution is -2.44. The quantitative estimate of drug-likeness (QED) is 0.347. The number of piperazine rings is 1. The maximum atomic E-state index is 12.0. The van der Waals surface area contributed by atoms with Crippen LogP contribution in [0, 0.1) is 25.2 Å². The third kappa shape index (κ3) is 5.82. The molecule has 0 atom stereocenters. The van der Waals surface area contributed by atoms with Gasteiger partial charge >= 0.3 is 0 Å². The number of rotatable bonds is 6. The Bertz CT molecular complexity index is 677. The molecule has 2 rings (SSSR count). The fraction of sp³-hybridized carbons (Fsp3) is 0.474. The number of hydrogen-bond acceptors (Lipinski definition) is 4. The lowest BCUT2D eigenvalue weighted by atomic mass is 10.1. The lowest BCUT2D eigenvalue weighted by Gasteiger charge is -2.36. The van der Waals surface area contributed by atoms with Crippen molar-refractivity contribution in [3.05, 3.63) is 41.1 Å². The van der Waals surface area contributed by atoms with E-state index in [1.807, 2.05) is 11.0 Å². The van der Waals surface area contributed by atoms with Crippen molar-refractivity contribution < 1.29 is 4.79 Å². The number of carbonyl (C=O) groups is 1. The molecule has 1 aromatic rings. The van der Waals surface area contributed by atoms with E-state index in [9.17, 15) is 10.1 Å². The number of hydrogen-bond donors (Lipinski definition) is 1. The molecule has 1 aliphatic heterocycles. The first-order valence-corrected chi connectivity index (χ1v) is 9.11. The molecule has 0 radical (unpaired) electrons. The minimum atomic E-state index is -0.329. The molecule has 0 saturated carbocycles. The number of carbonyl (C=O) groups excluding carboxylic acids is 1. The van der Waals surface area contributed by atoms with Crippen molar-refractivity contribution in [2.24, 2.45) is 0 Å². The first kappa shape index (κ1) is 22.1. The molecule has 26 heavy (non-hydrogen) atoms. The predicted octanol–water partition coefficient (Wildman–Crippen LogP) is 3.00. The molecule has 0 spiro atoms. The molecule has 1 saturated heterocycles. The van der Waals surface area contributed by atoms with E-state index in [2.05, 4.69) is 42.3 Å². The molecule has 1 aromatic carbocycles. The maximum Gasteiger partial charge on any atom is 0.263 e. The highest BCUT2D eigenvalue weighted by Crippen LogP contribution is 2.24. The molecule has 0 aromatic heterocycles. The first-order valence-electron chi connectivity index (χ1n) is 8.58. The highest BCUT2D eigenvalue weighted by molar-refractivity contribution is 6.17. The molecule has 1 heterocycles. The fourth-order valence-corrected chi connectivity index (χ4v) is 2.99. The first-order chi connectivity index (χ1) is 12.1. The SMILES string of the molecule is Cc1cccc(N2CCN(/C=C(/C#N)C(=O)NCCCCl)CC2)c1C.Cl. The Balaban J connectivity index is 0.00000338. The Kier molecular flexibility index (Phi) is 9.32. The van der Waals surface area contributed by atoms with Gasteiger partial charge in [-0.2, -0.15) is 5.26 Å². The summed E-state index contributed by atoms with van der Waals surface area (Å²) in [7, 11) is 0. The summed E-state index contributed by atoms with van der Waals surface area (Å²) in [5.41, 5.74) is 4.01. The average Bonchev–Trinajstić information content (AvgIpc) is 2.62. The van der Waals surface area contributed by atoms with Crippen molar-refractivity contribution in [2.45, 2.75) is 20.3 Å². The number of halogens is 2. The number of nitriles is 1. The van der Waals surface area contributed by atoms with Crippen LogP contribution in [0.5, 0.6) is 0 Å². The van der Waals surface area contributed by atoms with Gasteiger partial charge < -0.3 is 15.1 Å². The third-order valence-corrected chi connectivity index (χ3v) is 4.77. The lowest BCUT2D eigenvalue weighted by molar-refractivity contribution is -0.117. The molecular formula is C19H26Cl2N4O. The number of anilines is 1. The van der Waals surface area contributed by atoms with Crippen LogP contribution in [0.1, 0.15) is 17.5 Å². The van der Waals surface area contributed by atoms with Gasteiger partial charge in [0.25, 0.3) is 5.91 Å². The normalized spacial score (nSPS) is 14.5. The van der Waals surface area contributed by atoms with Crippen LogP contribution in [0.15, 0.2) is 30.0 Å². The second-order valence-electron chi connectivity index (χ2n) is 6.20. The molecule has 0 aliphatic carbocycles. The van der Waals surface area contributed by atoms with Gasteiger partial charge in [0.1, 0.15) is 11.6 Å². The summed E-state index contributed by atoms with van der Waals surface area (Å²) in [6, 6.07) is 8.36. The van der Waals surface area contributed by atoms with Crippen LogP contribution in [0.2, 0.25) is 0 Å². The van der Waals surface area contributed by atoms with Gasteiger partial charge in [-0.1, -0.05) is 12.1 Å². The molecule has 0 bridgehead atoms. The Hall–Kier alpha value is -1.90. The number of alkyl halides is 1. The Labute approximate surface area is 167 Å². The molecule has 7 heteroatoms. The number of nitrogens with one attached hydrogen (secondary N) is 1. The van der Waals surface area contributed by atoms with Gasteiger partial charge in [0.15, 0.2) is 0 Å². The summed E-state index contributed by atoms with van der Waals surface area (Å²) in [5, 5.41) is 12.0. The summed E-state index contributed by atoms with van der Waals surface area (Å²) < 4.78 is 0. The number of amides is 1. The van der Waals surface area contributed by atoms with Crippen molar-refractivity contribution >= 4 is 35.6 Å². The van der Waals surface area contributed by atoms with E-state index in [1.54, 1.807) is 6.20 Å². The minimum Gasteiger partial charge on any atom is -0.373 e. The zero-order chi connectivity index (χ0) is 18.2. The molecular weight excluding hydrogens is 371 g/mol. The molecule has 1 amide bonds. The van der Waals surface area contributed by atoms with E-state index in [4.69, 9.17) is 11.6 Å². The van der Waals surface area contributed by atoms with E-state index >= 15 is 0 Å². The molecule has 1 aliphatic rings. The largest absolute Gasteiger partial charge is 0.373 e. The second-order valence-corrected chi connectivity index (χ2v) is 6.57. The molecule has 142 valence electrons. The Morgan fingerprint density at radius 3 is 2.62 bits per heavy atom. The van der Waals surface area contributed by atoms with E-state index in [-0.39, 0.29) is 23.9 Å². The van der Waals surface area contributed by atoms with Gasteiger partial charge in [0, 0.05) is 50.5 Å². The van der Waals surface area contributed by atoms with Crippen LogP contribution in [0.4, 0.5) is 5.69 Å². The Morgan fingerprint density at radius 2 is 2.00 bits per heavy atom. The average molecular weight is 397 g/mol. The third-order valence-electron chi connectivity index (χ3n) is 4.50. The van der Waals surface area contributed by atoms with E-state index in [0.29, 0.717) is 18.8 Å². The van der Waals surface area contributed by atoms with Crippen molar-refractivity contribution in [1.29, 1.82) is 5.26 Å². The second kappa shape index (κ2) is 10.9. The van der Waals surface area contributed by atoms with Crippen molar-refractivity contribution in [2.75, 3.05) is 43.5 Å². The molecule has 0 unspecified atom stereocenters. The van der Waals surface area contributed by atoms with Crippen molar-refractivity contribution in [1.82, 2.24) is 10.2 Å². The summed E-state index contributed by atoms with van der Waals surface area (Å²) >= 11 is 5.60. The molecule has 1 N–H and O–H groups in total. The number of aryl methyl sites for hydroxylation is 1. The van der Waals surface area contributed by atoms with E-state index < -0.39 is 0 Å². The van der Waals surface area contributed by atoms with Gasteiger partial charge in [-0.25, -0.2) is 0 Å². The topological polar surface area (TPSA) is 59.4 Å². The van der Waals surface area contributed by atoms with E-state index in [1.165, 1.54) is 16.8 Å². The van der Waals surface area contributed by atoms with Gasteiger partial charge in [-0.05, 0) is 37.5 Å². The standard InChI is InChI=1S/C19H25ClN4O.ClH/c1-15-5-3-6-18(16(15)2)24-11-9-23(10-12-24)14-17(13-21)19(25)22-8-4-7-20;/h3,5-6,14H,4,7-12H2,1-2H3,(H,22,25);1H/b17-14-;. The van der Waals surface area contributed by atoms with Gasteiger partial charge in [-0.15, -0.1) is 24.0 Å². The zero-order valence-corrected chi connectivity index (χ0v) is 16.9. The summed E-state index contributed by atoms with van der Waals surface area (Å²) in [6.07, 6.45) is 2.37. The van der Waals surface area contributed by atoms with Crippen LogP contribution in [0.3, 0.4) is 0 Å². The highest BCUT2D eigenvalue weighted by Gasteiger charge is 2.18. The Morgan fingerprint density at radius 1 is 1.31 bits per heavy atom. The van der Waals surface area contributed by atoms with Crippen molar-refractivity contribution in [3.8, 4) is 6.07 Å². The fourth-order valence-electron chi connectivity index (χ4n) is 2.85. The highest BCUT2D eigenvalue weighted by atomic mass is 35.5. The van der Waals surface area contributed by atoms with Crippen LogP contribution in [-0.2, 0) is 4.79 Å². The molecule has 1 fully saturated rings. The van der Waals surface area contributed by atoms with Crippen molar-refractivity contribution in [3.63, 3.8) is 0 Å². The van der Waals surface area contributed by atoms with E-state index in [0.717, 1.165) is 26.2 Å². The molecule has 5 nitrogen and oxygen atoms in total. The maximum absolute atomic E-state index is 12.0. The van der Waals surface area contributed by atoms with Gasteiger partial charge in [0.2, 0.25) is 0 Å².